The van der Waals surface area contributed by atoms with Gasteiger partial charge in [-0.25, -0.2) is 14.5 Å². The number of benzene rings is 1. The Morgan fingerprint density at radius 3 is 2.79 bits per heavy atom. The van der Waals surface area contributed by atoms with Gasteiger partial charge in [-0.05, 0) is 18.2 Å². The molecule has 28 heavy (non-hydrogen) atoms. The minimum Gasteiger partial charge on any atom is -0.380 e. The largest absolute Gasteiger partial charge is 0.380 e. The van der Waals surface area contributed by atoms with E-state index in [-0.39, 0.29) is 24.2 Å². The van der Waals surface area contributed by atoms with Crippen LogP contribution in [0, 0.1) is 5.92 Å². The number of aromatic nitrogens is 4. The Balaban J connectivity index is 1.67. The van der Waals surface area contributed by atoms with Crippen molar-refractivity contribution in [3.8, 4) is 0 Å². The van der Waals surface area contributed by atoms with E-state index >= 15 is 0 Å². The molecule has 1 aromatic carbocycles. The summed E-state index contributed by atoms with van der Waals surface area (Å²) in [6.07, 6.45) is 4.38. The number of hydrogen-bond donors (Lipinski definition) is 1. The number of ether oxygens (including phenoxy) is 2. The fraction of sp³-hybridized carbons (Fsp3) is 0.450. The summed E-state index contributed by atoms with van der Waals surface area (Å²) in [4.78, 5) is 8.71. The van der Waals surface area contributed by atoms with Gasteiger partial charge in [0.15, 0.2) is 11.5 Å². The molecular formula is C20H25N5O2S. The van der Waals surface area contributed by atoms with Crippen LogP contribution in [-0.2, 0) is 16.1 Å². The standard InChI is InChI=1S/C20H25N5O2S/c1-4-15-12(2)16(26-11-13-8-6-5-7-9-13)17(27-15)14-10-22-19-18(21)23-20(28-3)24-25(14)19/h5-10,12,15-17H,4,11H2,1-3H3,(H2,21,23,24)/t12-,15-,16-,17+/m1/s1. The maximum Gasteiger partial charge on any atom is 0.209 e. The highest BCUT2D eigenvalue weighted by molar-refractivity contribution is 7.98. The fourth-order valence-corrected chi connectivity index (χ4v) is 4.12. The third-order valence-electron chi connectivity index (χ3n) is 5.28. The second-order valence-electron chi connectivity index (χ2n) is 7.03. The van der Waals surface area contributed by atoms with Crippen molar-refractivity contribution in [3.63, 3.8) is 0 Å². The monoisotopic (exact) mass is 399 g/mol. The van der Waals surface area contributed by atoms with Gasteiger partial charge in [0, 0.05) is 5.92 Å². The van der Waals surface area contributed by atoms with Crippen LogP contribution < -0.4 is 5.73 Å². The molecular weight excluding hydrogens is 374 g/mol. The van der Waals surface area contributed by atoms with Gasteiger partial charge in [0.25, 0.3) is 0 Å². The summed E-state index contributed by atoms with van der Waals surface area (Å²) >= 11 is 1.44. The zero-order chi connectivity index (χ0) is 19.7. The van der Waals surface area contributed by atoms with Gasteiger partial charge in [-0.15, -0.1) is 5.10 Å². The molecule has 4 atom stereocenters. The molecule has 1 saturated heterocycles. The second-order valence-corrected chi connectivity index (χ2v) is 7.80. The molecule has 3 aromatic rings. The molecule has 2 N–H and O–H groups in total. The molecule has 0 radical (unpaired) electrons. The number of hydrogen-bond acceptors (Lipinski definition) is 7. The van der Waals surface area contributed by atoms with Gasteiger partial charge in [0.1, 0.15) is 6.10 Å². The first-order valence-corrected chi connectivity index (χ1v) is 10.7. The minimum atomic E-state index is -0.261. The lowest BCUT2D eigenvalue weighted by Crippen LogP contribution is -2.26. The predicted molar refractivity (Wildman–Crippen MR) is 109 cm³/mol. The quantitative estimate of drug-likeness (QED) is 0.635. The van der Waals surface area contributed by atoms with Gasteiger partial charge in [0.05, 0.1) is 30.7 Å². The molecule has 2 aromatic heterocycles. The van der Waals surface area contributed by atoms with Crippen molar-refractivity contribution in [1.29, 1.82) is 0 Å². The normalized spacial score (nSPS) is 24.8. The summed E-state index contributed by atoms with van der Waals surface area (Å²) in [6.45, 7) is 4.86. The van der Waals surface area contributed by atoms with Crippen molar-refractivity contribution in [1.82, 2.24) is 19.6 Å². The van der Waals surface area contributed by atoms with Crippen LogP contribution in [0.4, 0.5) is 5.82 Å². The maximum absolute atomic E-state index is 6.40. The zero-order valence-corrected chi connectivity index (χ0v) is 17.1. The summed E-state index contributed by atoms with van der Waals surface area (Å²) in [5.74, 6) is 0.619. The van der Waals surface area contributed by atoms with Gasteiger partial charge < -0.3 is 15.2 Å². The van der Waals surface area contributed by atoms with Gasteiger partial charge in [-0.1, -0.05) is 55.9 Å². The first kappa shape index (κ1) is 19.2. The molecule has 0 aliphatic carbocycles. The summed E-state index contributed by atoms with van der Waals surface area (Å²) in [7, 11) is 0. The van der Waals surface area contributed by atoms with Crippen LogP contribution in [0.1, 0.15) is 37.6 Å². The van der Waals surface area contributed by atoms with Crippen LogP contribution in [0.5, 0.6) is 0 Å². The topological polar surface area (TPSA) is 87.6 Å². The summed E-state index contributed by atoms with van der Waals surface area (Å²) < 4.78 is 14.5. The Morgan fingerprint density at radius 2 is 2.07 bits per heavy atom. The molecule has 1 aliphatic heterocycles. The lowest BCUT2D eigenvalue weighted by atomic mass is 9.95. The molecule has 0 amide bonds. The van der Waals surface area contributed by atoms with E-state index in [2.05, 4.69) is 41.0 Å². The average molecular weight is 400 g/mol. The van der Waals surface area contributed by atoms with Crippen LogP contribution in [-0.4, -0.2) is 38.0 Å². The molecule has 4 rings (SSSR count). The van der Waals surface area contributed by atoms with Gasteiger partial charge in [-0.2, -0.15) is 0 Å². The molecule has 3 heterocycles. The molecule has 0 spiro atoms. The van der Waals surface area contributed by atoms with E-state index < -0.39 is 0 Å². The highest BCUT2D eigenvalue weighted by Gasteiger charge is 2.44. The third kappa shape index (κ3) is 3.47. The van der Waals surface area contributed by atoms with Crippen molar-refractivity contribution in [2.45, 2.75) is 50.3 Å². The summed E-state index contributed by atoms with van der Waals surface area (Å²) in [6, 6.07) is 10.2. The highest BCUT2D eigenvalue weighted by Crippen LogP contribution is 2.41. The van der Waals surface area contributed by atoms with Crippen molar-refractivity contribution in [2.24, 2.45) is 5.92 Å². The SMILES string of the molecule is CC[C@H]1O[C@@H](c2cnc3c(N)nc(SC)nn23)[C@H](OCc2ccccc2)[C@@H]1C. The summed E-state index contributed by atoms with van der Waals surface area (Å²) in [5, 5.41) is 5.18. The smallest absolute Gasteiger partial charge is 0.209 e. The molecule has 8 heteroatoms. The number of nitrogens with zero attached hydrogens (tertiary/aromatic N) is 4. The Morgan fingerprint density at radius 1 is 1.29 bits per heavy atom. The van der Waals surface area contributed by atoms with Crippen LogP contribution >= 0.6 is 11.8 Å². The van der Waals surface area contributed by atoms with Gasteiger partial charge in [-0.3, -0.25) is 0 Å². The van der Waals surface area contributed by atoms with Crippen molar-refractivity contribution in [3.05, 3.63) is 47.8 Å². The first-order valence-electron chi connectivity index (χ1n) is 9.48. The molecule has 1 fully saturated rings. The van der Waals surface area contributed by atoms with Gasteiger partial charge >= 0.3 is 0 Å². The number of nitrogens with two attached hydrogens (primary N) is 1. The highest BCUT2D eigenvalue weighted by atomic mass is 32.2. The van der Waals surface area contributed by atoms with E-state index in [9.17, 15) is 0 Å². The van der Waals surface area contributed by atoms with Crippen LogP contribution in [0.2, 0.25) is 0 Å². The Hall–Kier alpha value is -2.16. The van der Waals surface area contributed by atoms with E-state index in [1.807, 2.05) is 24.5 Å². The Kier molecular flexibility index (Phi) is 5.52. The van der Waals surface area contributed by atoms with Crippen molar-refractivity contribution in [2.75, 3.05) is 12.0 Å². The zero-order valence-electron chi connectivity index (χ0n) is 16.3. The number of anilines is 1. The number of thioether (sulfide) groups is 1. The Bertz CT molecular complexity index is 948. The van der Waals surface area contributed by atoms with Crippen LogP contribution in [0.15, 0.2) is 41.7 Å². The van der Waals surface area contributed by atoms with Crippen LogP contribution in [0.3, 0.4) is 0 Å². The summed E-state index contributed by atoms with van der Waals surface area (Å²) in [5.41, 5.74) is 8.61. The van der Waals surface area contributed by atoms with E-state index in [0.29, 0.717) is 23.2 Å². The average Bonchev–Trinajstić information content (AvgIpc) is 3.28. The number of nitrogen functional groups attached to an aromatic ring is 1. The minimum absolute atomic E-state index is 0.0982. The van der Waals surface area contributed by atoms with Crippen molar-refractivity contribution >= 4 is 23.2 Å². The Labute approximate surface area is 168 Å². The molecule has 0 unspecified atom stereocenters. The molecule has 148 valence electrons. The lowest BCUT2D eigenvalue weighted by Gasteiger charge is -2.21. The molecule has 1 aliphatic rings. The fourth-order valence-electron chi connectivity index (χ4n) is 3.77. The molecule has 0 bridgehead atoms. The molecule has 7 nitrogen and oxygen atoms in total. The van der Waals surface area contributed by atoms with E-state index in [1.54, 1.807) is 10.7 Å². The van der Waals surface area contributed by atoms with E-state index in [1.165, 1.54) is 11.8 Å². The second kappa shape index (κ2) is 8.06. The predicted octanol–water partition coefficient (Wildman–Crippen LogP) is 3.50. The number of imidazole rings is 1. The van der Waals surface area contributed by atoms with Crippen LogP contribution in [0.25, 0.3) is 5.65 Å². The molecule has 0 saturated carbocycles. The lowest BCUT2D eigenvalue weighted by molar-refractivity contribution is -0.0363. The third-order valence-corrected chi connectivity index (χ3v) is 5.82. The number of rotatable bonds is 6. The van der Waals surface area contributed by atoms with Crippen molar-refractivity contribution < 1.29 is 9.47 Å². The van der Waals surface area contributed by atoms with E-state index in [4.69, 9.17) is 15.2 Å². The van der Waals surface area contributed by atoms with Gasteiger partial charge in [0.2, 0.25) is 5.16 Å². The maximum atomic E-state index is 6.40. The van der Waals surface area contributed by atoms with E-state index in [0.717, 1.165) is 17.7 Å². The number of fused-ring (bicyclic) bond motifs is 1. The first-order chi connectivity index (χ1) is 13.6.